The fourth-order valence-corrected chi connectivity index (χ4v) is 4.13. The Kier molecular flexibility index (Phi) is 7.43. The fraction of sp³-hybridized carbons (Fsp3) is 0.611. The Morgan fingerprint density at radius 2 is 1.81 bits per heavy atom. The largest absolute Gasteiger partial charge is 0.354 e. The van der Waals surface area contributed by atoms with Crippen LogP contribution in [0.4, 0.5) is 5.69 Å². The third-order valence-corrected chi connectivity index (χ3v) is 6.54. The first-order chi connectivity index (χ1) is 12.3. The normalized spacial score (nSPS) is 16.6. The molecule has 1 aliphatic rings. The van der Waals surface area contributed by atoms with Gasteiger partial charge in [0.1, 0.15) is 6.54 Å². The van der Waals surface area contributed by atoms with Crippen molar-refractivity contribution in [3.05, 3.63) is 30.3 Å². The molecule has 2 rings (SSSR count). The van der Waals surface area contributed by atoms with Crippen molar-refractivity contribution in [2.45, 2.75) is 32.2 Å². The summed E-state index contributed by atoms with van der Waals surface area (Å²) in [6, 6.07) is 9.11. The van der Waals surface area contributed by atoms with E-state index in [-0.39, 0.29) is 12.5 Å². The van der Waals surface area contributed by atoms with Crippen LogP contribution in [-0.4, -0.2) is 69.8 Å². The maximum Gasteiger partial charge on any atom is 0.304 e. The number of anilines is 1. The first-order valence-electron chi connectivity index (χ1n) is 9.08. The number of nitrogens with zero attached hydrogens (tertiary/aromatic N) is 3. The van der Waals surface area contributed by atoms with E-state index in [1.807, 2.05) is 6.07 Å². The van der Waals surface area contributed by atoms with Crippen LogP contribution in [0.5, 0.6) is 0 Å². The number of para-hydroxylation sites is 1. The van der Waals surface area contributed by atoms with Gasteiger partial charge in [-0.2, -0.15) is 12.7 Å². The number of benzene rings is 1. The molecule has 1 aliphatic heterocycles. The second kappa shape index (κ2) is 9.34. The number of carbonyl (C=O) groups is 1. The molecular weight excluding hydrogens is 352 g/mol. The van der Waals surface area contributed by atoms with Crippen molar-refractivity contribution < 1.29 is 13.2 Å². The highest BCUT2D eigenvalue weighted by Gasteiger charge is 2.27. The third-order valence-electron chi connectivity index (χ3n) is 4.72. The summed E-state index contributed by atoms with van der Waals surface area (Å²) in [6.07, 6.45) is 3.34. The lowest BCUT2D eigenvalue weighted by Crippen LogP contribution is -2.46. The quantitative estimate of drug-likeness (QED) is 0.699. The van der Waals surface area contributed by atoms with Crippen LogP contribution in [0.25, 0.3) is 0 Å². The lowest BCUT2D eigenvalue weighted by Gasteiger charge is -2.27. The van der Waals surface area contributed by atoms with Gasteiger partial charge < -0.3 is 10.2 Å². The number of nitrogens with one attached hydrogen (secondary N) is 1. The van der Waals surface area contributed by atoms with Gasteiger partial charge in [0.2, 0.25) is 5.91 Å². The van der Waals surface area contributed by atoms with Gasteiger partial charge in [0.05, 0.1) is 5.69 Å². The van der Waals surface area contributed by atoms with Crippen LogP contribution in [0.1, 0.15) is 26.2 Å². The molecule has 1 N–H and O–H groups in total. The van der Waals surface area contributed by atoms with Gasteiger partial charge in [-0.25, -0.2) is 4.31 Å². The van der Waals surface area contributed by atoms with Gasteiger partial charge in [0.25, 0.3) is 0 Å². The topological polar surface area (TPSA) is 73.0 Å². The third kappa shape index (κ3) is 5.43. The number of hydrogen-bond acceptors (Lipinski definition) is 4. The van der Waals surface area contributed by atoms with Crippen molar-refractivity contribution in [3.8, 4) is 0 Å². The first kappa shape index (κ1) is 20.7. The number of likely N-dealkylation sites (tertiary alicyclic amines) is 1. The molecule has 0 bridgehead atoms. The zero-order chi connectivity index (χ0) is 19.2. The molecule has 1 aromatic rings. The van der Waals surface area contributed by atoms with Crippen molar-refractivity contribution in [1.82, 2.24) is 14.5 Å². The van der Waals surface area contributed by atoms with E-state index in [1.54, 1.807) is 24.3 Å². The molecule has 1 unspecified atom stereocenters. The van der Waals surface area contributed by atoms with E-state index in [1.165, 1.54) is 26.9 Å². The molecule has 1 aromatic carbocycles. The summed E-state index contributed by atoms with van der Waals surface area (Å²) >= 11 is 0. The van der Waals surface area contributed by atoms with Crippen molar-refractivity contribution in [3.63, 3.8) is 0 Å². The van der Waals surface area contributed by atoms with E-state index in [0.717, 1.165) is 28.1 Å². The molecule has 1 amide bonds. The number of carbonyl (C=O) groups excluding carboxylic acids is 1. The molecule has 1 fully saturated rings. The molecule has 1 atom stereocenters. The molecule has 1 saturated heterocycles. The summed E-state index contributed by atoms with van der Waals surface area (Å²) in [6.45, 7) is 4.73. The summed E-state index contributed by atoms with van der Waals surface area (Å²) in [5.41, 5.74) is 0.474. The molecule has 0 radical (unpaired) electrons. The molecule has 0 aliphatic carbocycles. The highest BCUT2D eigenvalue weighted by Crippen LogP contribution is 2.18. The molecule has 26 heavy (non-hydrogen) atoms. The Morgan fingerprint density at radius 1 is 1.19 bits per heavy atom. The van der Waals surface area contributed by atoms with Gasteiger partial charge in [-0.1, -0.05) is 18.2 Å². The standard InChI is InChI=1S/C18H30N4O3S/c1-16(21-13-7-8-14-21)11-12-19-18(23)15-22(26(24,25)20(2)3)17-9-5-4-6-10-17/h4-6,9-10,16H,7-8,11-15H2,1-3H3,(H,19,23). The van der Waals surface area contributed by atoms with E-state index in [0.29, 0.717) is 18.3 Å². The van der Waals surface area contributed by atoms with E-state index < -0.39 is 10.2 Å². The van der Waals surface area contributed by atoms with Gasteiger partial charge in [0.15, 0.2) is 0 Å². The molecule has 0 spiro atoms. The minimum absolute atomic E-state index is 0.234. The van der Waals surface area contributed by atoms with E-state index in [9.17, 15) is 13.2 Å². The van der Waals surface area contributed by atoms with Crippen LogP contribution in [0, 0.1) is 0 Å². The van der Waals surface area contributed by atoms with Crippen LogP contribution in [0.3, 0.4) is 0 Å². The number of hydrogen-bond donors (Lipinski definition) is 1. The fourth-order valence-electron chi connectivity index (χ4n) is 3.07. The molecule has 0 aromatic heterocycles. The van der Waals surface area contributed by atoms with Crippen molar-refractivity contribution >= 4 is 21.8 Å². The molecule has 0 saturated carbocycles. The maximum absolute atomic E-state index is 12.6. The lowest BCUT2D eigenvalue weighted by atomic mass is 10.2. The van der Waals surface area contributed by atoms with Crippen LogP contribution in [0.2, 0.25) is 0 Å². The summed E-state index contributed by atoms with van der Waals surface area (Å²) in [4.78, 5) is 14.8. The molecule has 8 heteroatoms. The summed E-state index contributed by atoms with van der Waals surface area (Å²) in [5, 5.41) is 2.86. The van der Waals surface area contributed by atoms with Crippen molar-refractivity contribution in [1.29, 1.82) is 0 Å². The Hall–Kier alpha value is -1.64. The summed E-state index contributed by atoms with van der Waals surface area (Å²) < 4.78 is 27.4. The second-order valence-electron chi connectivity index (χ2n) is 6.86. The van der Waals surface area contributed by atoms with E-state index in [2.05, 4.69) is 17.1 Å². The van der Waals surface area contributed by atoms with Crippen molar-refractivity contribution in [2.24, 2.45) is 0 Å². The minimum atomic E-state index is -3.74. The second-order valence-corrected chi connectivity index (χ2v) is 8.93. The smallest absolute Gasteiger partial charge is 0.304 e. The van der Waals surface area contributed by atoms with Crippen molar-refractivity contribution in [2.75, 3.05) is 44.6 Å². The predicted octanol–water partition coefficient (Wildman–Crippen LogP) is 1.29. The van der Waals surface area contributed by atoms with Gasteiger partial charge >= 0.3 is 10.2 Å². The first-order valence-corrected chi connectivity index (χ1v) is 10.5. The molecule has 146 valence electrons. The van der Waals surface area contributed by atoms with Crippen LogP contribution < -0.4 is 9.62 Å². The monoisotopic (exact) mass is 382 g/mol. The summed E-state index contributed by atoms with van der Waals surface area (Å²) in [7, 11) is -0.825. The Balaban J connectivity index is 1.94. The summed E-state index contributed by atoms with van der Waals surface area (Å²) in [5.74, 6) is -0.298. The van der Waals surface area contributed by atoms with Crippen LogP contribution >= 0.6 is 0 Å². The van der Waals surface area contributed by atoms with E-state index >= 15 is 0 Å². The zero-order valence-corrected chi connectivity index (χ0v) is 16.7. The zero-order valence-electron chi connectivity index (χ0n) is 15.9. The van der Waals surface area contributed by atoms with Gasteiger partial charge in [-0.3, -0.25) is 4.79 Å². The number of amides is 1. The van der Waals surface area contributed by atoms with Crippen LogP contribution in [-0.2, 0) is 15.0 Å². The highest BCUT2D eigenvalue weighted by molar-refractivity contribution is 7.90. The average Bonchev–Trinajstić information content (AvgIpc) is 3.15. The molecule has 7 nitrogen and oxygen atoms in total. The molecular formula is C18H30N4O3S. The van der Waals surface area contributed by atoms with E-state index in [4.69, 9.17) is 0 Å². The SMILES string of the molecule is CC(CCNC(=O)CN(c1ccccc1)S(=O)(=O)N(C)C)N1CCCC1. The highest BCUT2D eigenvalue weighted by atomic mass is 32.2. The Bertz CT molecular complexity index is 673. The van der Waals surface area contributed by atoms with Gasteiger partial charge in [-0.05, 0) is 51.4 Å². The lowest BCUT2D eigenvalue weighted by molar-refractivity contribution is -0.119. The Morgan fingerprint density at radius 3 is 2.38 bits per heavy atom. The maximum atomic E-state index is 12.6. The minimum Gasteiger partial charge on any atom is -0.354 e. The van der Waals surface area contributed by atoms with Crippen LogP contribution in [0.15, 0.2) is 30.3 Å². The van der Waals surface area contributed by atoms with Gasteiger partial charge in [-0.15, -0.1) is 0 Å². The number of rotatable bonds is 9. The molecule has 1 heterocycles. The average molecular weight is 383 g/mol. The van der Waals surface area contributed by atoms with Gasteiger partial charge in [0, 0.05) is 26.7 Å². The Labute approximate surface area is 157 Å². The predicted molar refractivity (Wildman–Crippen MR) is 104 cm³/mol.